The maximum absolute atomic E-state index is 13.9. The summed E-state index contributed by atoms with van der Waals surface area (Å²) in [6, 6.07) is 10.2. The number of alkyl halides is 3. The van der Waals surface area contributed by atoms with Gasteiger partial charge in [0.2, 0.25) is 0 Å². The standard InChI is InChI=1S/C17H16F3N3O3/c1-11-8-9-21-13(10-11)22-16(15(25)26-2,17(18,19)20)23-14(24)12-6-4-3-5-7-12/h3-10H,1-2H3,(H,21,22)(H,23,24)/p+1/t16-/m0/s1. The van der Waals surface area contributed by atoms with Crippen molar-refractivity contribution in [2.24, 2.45) is 0 Å². The van der Waals surface area contributed by atoms with Crippen molar-refractivity contribution in [3.8, 4) is 0 Å². The van der Waals surface area contributed by atoms with Gasteiger partial charge in [-0.05, 0) is 30.7 Å². The van der Waals surface area contributed by atoms with Gasteiger partial charge in [-0.1, -0.05) is 18.2 Å². The summed E-state index contributed by atoms with van der Waals surface area (Å²) in [6.45, 7) is 1.66. The van der Waals surface area contributed by atoms with Gasteiger partial charge in [0, 0.05) is 11.6 Å². The number of aryl methyl sites for hydroxylation is 1. The summed E-state index contributed by atoms with van der Waals surface area (Å²) < 4.78 is 46.0. The number of halogens is 3. The lowest BCUT2D eigenvalue weighted by molar-refractivity contribution is -0.363. The summed E-state index contributed by atoms with van der Waals surface area (Å²) in [5.41, 5.74) is -2.87. The fraction of sp³-hybridized carbons (Fsp3) is 0.235. The van der Waals surface area contributed by atoms with E-state index in [0.29, 0.717) is 5.56 Å². The van der Waals surface area contributed by atoms with Crippen molar-refractivity contribution in [1.82, 2.24) is 5.32 Å². The monoisotopic (exact) mass is 368 g/mol. The minimum Gasteiger partial charge on any atom is -0.464 e. The number of carbonyl (C=O) groups is 2. The van der Waals surface area contributed by atoms with Crippen molar-refractivity contribution in [2.45, 2.75) is 18.8 Å². The van der Waals surface area contributed by atoms with Crippen LogP contribution in [0.4, 0.5) is 19.0 Å². The van der Waals surface area contributed by atoms with Crippen molar-refractivity contribution in [2.75, 3.05) is 12.4 Å². The molecule has 0 spiro atoms. The predicted molar refractivity (Wildman–Crippen MR) is 86.1 cm³/mol. The van der Waals surface area contributed by atoms with Crippen LogP contribution in [0.3, 0.4) is 0 Å². The van der Waals surface area contributed by atoms with Gasteiger partial charge in [0.15, 0.2) is 0 Å². The van der Waals surface area contributed by atoms with Crippen molar-refractivity contribution < 1.29 is 32.5 Å². The van der Waals surface area contributed by atoms with E-state index in [4.69, 9.17) is 0 Å². The third-order valence-corrected chi connectivity index (χ3v) is 3.53. The first kappa shape index (κ1) is 19.2. The number of hydrogen-bond acceptors (Lipinski definition) is 4. The zero-order chi connectivity index (χ0) is 19.4. The van der Waals surface area contributed by atoms with Crippen LogP contribution in [-0.2, 0) is 9.53 Å². The van der Waals surface area contributed by atoms with Gasteiger partial charge in [0.05, 0.1) is 13.3 Å². The Morgan fingerprint density at radius 2 is 1.77 bits per heavy atom. The fourth-order valence-corrected chi connectivity index (χ4v) is 2.23. The van der Waals surface area contributed by atoms with Crippen molar-refractivity contribution in [1.29, 1.82) is 0 Å². The van der Waals surface area contributed by atoms with E-state index in [9.17, 15) is 22.8 Å². The minimum atomic E-state index is -5.19. The van der Waals surface area contributed by atoms with Gasteiger partial charge in [0.25, 0.3) is 11.7 Å². The van der Waals surface area contributed by atoms with E-state index in [1.807, 2.05) is 5.32 Å². The smallest absolute Gasteiger partial charge is 0.464 e. The van der Waals surface area contributed by atoms with Gasteiger partial charge in [-0.15, -0.1) is 0 Å². The molecule has 2 rings (SSSR count). The SMILES string of the molecule is COC(=O)[C@@](NC(=O)c1ccccc1)(Nc1cc(C)cc[nH+]1)C(F)(F)F. The van der Waals surface area contributed by atoms with Crippen LogP contribution in [0.1, 0.15) is 15.9 Å². The summed E-state index contributed by atoms with van der Waals surface area (Å²) in [4.78, 5) is 27.0. The Kier molecular flexibility index (Phi) is 5.49. The summed E-state index contributed by atoms with van der Waals surface area (Å²) in [5.74, 6) is -2.92. The molecule has 0 saturated heterocycles. The van der Waals surface area contributed by atoms with Crippen LogP contribution in [0.2, 0.25) is 0 Å². The second-order valence-corrected chi connectivity index (χ2v) is 5.46. The molecular weight excluding hydrogens is 351 g/mol. The maximum Gasteiger partial charge on any atom is 0.464 e. The topological polar surface area (TPSA) is 81.6 Å². The van der Waals surface area contributed by atoms with Crippen molar-refractivity contribution >= 4 is 17.7 Å². The Bertz CT molecular complexity index is 797. The highest BCUT2D eigenvalue weighted by Crippen LogP contribution is 2.32. The maximum atomic E-state index is 13.9. The van der Waals surface area contributed by atoms with E-state index in [0.717, 1.165) is 7.11 Å². The zero-order valence-electron chi connectivity index (χ0n) is 14.0. The number of benzene rings is 1. The van der Waals surface area contributed by atoms with Crippen LogP contribution in [0, 0.1) is 6.92 Å². The van der Waals surface area contributed by atoms with Gasteiger partial charge >= 0.3 is 17.8 Å². The molecule has 1 aromatic heterocycles. The number of rotatable bonds is 5. The van der Waals surface area contributed by atoms with Crippen molar-refractivity contribution in [3.63, 3.8) is 0 Å². The van der Waals surface area contributed by atoms with Gasteiger partial charge in [-0.3, -0.25) is 10.1 Å². The normalized spacial score (nSPS) is 13.4. The summed E-state index contributed by atoms with van der Waals surface area (Å²) in [7, 11) is 0.805. The summed E-state index contributed by atoms with van der Waals surface area (Å²) in [5, 5.41) is 3.77. The third kappa shape index (κ3) is 3.93. The van der Waals surface area contributed by atoms with Crippen LogP contribution >= 0.6 is 0 Å². The molecule has 3 N–H and O–H groups in total. The molecule has 0 aliphatic carbocycles. The molecular formula is C17H17F3N3O3+. The third-order valence-electron chi connectivity index (χ3n) is 3.53. The van der Waals surface area contributed by atoms with Crippen LogP contribution < -0.4 is 15.6 Å². The molecule has 0 fully saturated rings. The van der Waals surface area contributed by atoms with E-state index >= 15 is 0 Å². The zero-order valence-corrected chi connectivity index (χ0v) is 14.0. The molecule has 0 unspecified atom stereocenters. The number of aromatic amines is 1. The average molecular weight is 368 g/mol. The number of anilines is 1. The van der Waals surface area contributed by atoms with E-state index in [-0.39, 0.29) is 11.4 Å². The minimum absolute atomic E-state index is 0.0416. The molecule has 0 radical (unpaired) electrons. The molecule has 1 aromatic carbocycles. The number of amides is 1. The number of pyridine rings is 1. The number of carbonyl (C=O) groups excluding carboxylic acids is 2. The van der Waals surface area contributed by atoms with Gasteiger partial charge in [-0.2, -0.15) is 13.2 Å². The second kappa shape index (κ2) is 7.42. The Hall–Kier alpha value is -3.10. The lowest BCUT2D eigenvalue weighted by atomic mass is 10.1. The lowest BCUT2D eigenvalue weighted by Crippen LogP contribution is -2.69. The number of aromatic nitrogens is 1. The molecule has 0 saturated carbocycles. The Balaban J connectivity index is 2.49. The van der Waals surface area contributed by atoms with Crippen molar-refractivity contribution in [3.05, 3.63) is 59.8 Å². The molecule has 0 aliphatic heterocycles. The highest BCUT2D eigenvalue weighted by molar-refractivity contribution is 5.99. The highest BCUT2D eigenvalue weighted by atomic mass is 19.4. The molecule has 1 heterocycles. The first-order chi connectivity index (χ1) is 12.2. The molecule has 0 bridgehead atoms. The molecule has 1 atom stereocenters. The molecule has 0 aliphatic rings. The Morgan fingerprint density at radius 1 is 1.12 bits per heavy atom. The first-order valence-electron chi connectivity index (χ1n) is 7.49. The summed E-state index contributed by atoms with van der Waals surface area (Å²) in [6.07, 6.45) is -3.79. The number of H-pyrrole nitrogens is 1. The highest BCUT2D eigenvalue weighted by Gasteiger charge is 2.67. The molecule has 6 nitrogen and oxygen atoms in total. The molecule has 2 aromatic rings. The number of hydrogen-bond donors (Lipinski definition) is 2. The molecule has 9 heteroatoms. The number of methoxy groups -OCH3 is 1. The quantitative estimate of drug-likeness (QED) is 0.625. The first-order valence-corrected chi connectivity index (χ1v) is 7.49. The molecule has 26 heavy (non-hydrogen) atoms. The predicted octanol–water partition coefficient (Wildman–Crippen LogP) is 2.08. The van der Waals surface area contributed by atoms with E-state index in [2.05, 4.69) is 9.72 Å². The van der Waals surface area contributed by atoms with Crippen LogP contribution in [0.15, 0.2) is 48.7 Å². The fourth-order valence-electron chi connectivity index (χ4n) is 2.23. The van der Waals surface area contributed by atoms with Gasteiger partial charge in [0.1, 0.15) is 0 Å². The number of esters is 1. The number of nitrogens with one attached hydrogen (secondary N) is 3. The van der Waals surface area contributed by atoms with Gasteiger partial charge in [-0.25, -0.2) is 15.1 Å². The van der Waals surface area contributed by atoms with E-state index in [1.165, 1.54) is 36.5 Å². The Labute approximate surface area is 147 Å². The Morgan fingerprint density at radius 3 is 2.31 bits per heavy atom. The van der Waals surface area contributed by atoms with E-state index < -0.39 is 23.7 Å². The largest absolute Gasteiger partial charge is 0.464 e. The molecule has 138 valence electrons. The second-order valence-electron chi connectivity index (χ2n) is 5.46. The van der Waals surface area contributed by atoms with E-state index in [1.54, 1.807) is 24.4 Å². The van der Waals surface area contributed by atoms with Gasteiger partial charge < -0.3 is 4.74 Å². The summed E-state index contributed by atoms with van der Waals surface area (Å²) >= 11 is 0. The van der Waals surface area contributed by atoms with Crippen LogP contribution in [0.25, 0.3) is 0 Å². The van der Waals surface area contributed by atoms with Crippen LogP contribution in [0.5, 0.6) is 0 Å². The average Bonchev–Trinajstić information content (AvgIpc) is 2.60. The number of ether oxygens (including phenoxy) is 1. The molecule has 1 amide bonds. The lowest BCUT2D eigenvalue weighted by Gasteiger charge is -2.30. The van der Waals surface area contributed by atoms with Crippen LogP contribution in [-0.4, -0.2) is 30.8 Å².